The van der Waals surface area contributed by atoms with Crippen LogP contribution in [-0.4, -0.2) is 19.5 Å². The van der Waals surface area contributed by atoms with Crippen LogP contribution in [0.2, 0.25) is 0 Å². The van der Waals surface area contributed by atoms with Crippen LogP contribution < -0.4 is 4.72 Å². The normalized spacial score (nSPS) is 14.2. The lowest BCUT2D eigenvalue weighted by Crippen LogP contribution is -2.35. The Bertz CT molecular complexity index is 770. The molecule has 0 spiro atoms. The van der Waals surface area contributed by atoms with Gasteiger partial charge in [-0.25, -0.2) is 13.1 Å². The first-order valence-corrected chi connectivity index (χ1v) is 8.66. The summed E-state index contributed by atoms with van der Waals surface area (Å²) in [7, 11) is -3.82. The molecule has 122 valence electrons. The maximum atomic E-state index is 12.6. The molecule has 2 atom stereocenters. The molecular formula is C17H19NO4S. The molecule has 0 saturated carbocycles. The van der Waals surface area contributed by atoms with Gasteiger partial charge in [0.25, 0.3) is 0 Å². The highest BCUT2D eigenvalue weighted by molar-refractivity contribution is 7.89. The molecule has 0 radical (unpaired) electrons. The van der Waals surface area contributed by atoms with Crippen LogP contribution in [0.3, 0.4) is 0 Å². The molecule has 2 aromatic rings. The Balaban J connectivity index is 2.37. The molecule has 0 bridgehead atoms. The van der Waals surface area contributed by atoms with Crippen molar-refractivity contribution in [1.82, 2.24) is 4.72 Å². The van der Waals surface area contributed by atoms with Crippen molar-refractivity contribution in [2.24, 2.45) is 5.92 Å². The number of benzene rings is 2. The van der Waals surface area contributed by atoms with Crippen molar-refractivity contribution in [1.29, 1.82) is 0 Å². The summed E-state index contributed by atoms with van der Waals surface area (Å²) in [6.45, 7) is 3.35. The summed E-state index contributed by atoms with van der Waals surface area (Å²) in [6, 6.07) is 14.3. The minimum absolute atomic E-state index is 0.113. The minimum Gasteiger partial charge on any atom is -0.481 e. The van der Waals surface area contributed by atoms with Gasteiger partial charge in [-0.2, -0.15) is 0 Å². The Morgan fingerprint density at radius 1 is 1.04 bits per heavy atom. The van der Waals surface area contributed by atoms with E-state index in [1.165, 1.54) is 19.1 Å². The summed E-state index contributed by atoms with van der Waals surface area (Å²) in [6.07, 6.45) is 0. The summed E-state index contributed by atoms with van der Waals surface area (Å²) in [5, 5.41) is 9.28. The first-order valence-electron chi connectivity index (χ1n) is 7.18. The van der Waals surface area contributed by atoms with Crippen LogP contribution in [0.1, 0.15) is 24.1 Å². The fraction of sp³-hybridized carbons (Fsp3) is 0.235. The van der Waals surface area contributed by atoms with Gasteiger partial charge in [-0.05, 0) is 24.6 Å². The van der Waals surface area contributed by atoms with E-state index in [1.807, 2.05) is 6.92 Å². The molecule has 23 heavy (non-hydrogen) atoms. The number of hydrogen-bond donors (Lipinski definition) is 2. The molecule has 0 saturated heterocycles. The van der Waals surface area contributed by atoms with Gasteiger partial charge in [0.15, 0.2) is 0 Å². The Morgan fingerprint density at radius 3 is 2.13 bits per heavy atom. The number of carboxylic acids is 1. The minimum atomic E-state index is -3.82. The quantitative estimate of drug-likeness (QED) is 0.851. The van der Waals surface area contributed by atoms with Crippen molar-refractivity contribution in [3.63, 3.8) is 0 Å². The molecule has 5 nitrogen and oxygen atoms in total. The molecule has 0 amide bonds. The predicted molar refractivity (Wildman–Crippen MR) is 87.5 cm³/mol. The van der Waals surface area contributed by atoms with Crippen molar-refractivity contribution in [3.05, 3.63) is 65.7 Å². The molecule has 0 fully saturated rings. The van der Waals surface area contributed by atoms with Crippen LogP contribution in [0.4, 0.5) is 0 Å². The Labute approximate surface area is 136 Å². The van der Waals surface area contributed by atoms with Crippen molar-refractivity contribution in [2.75, 3.05) is 0 Å². The van der Waals surface area contributed by atoms with Gasteiger partial charge in [0.05, 0.1) is 16.9 Å². The van der Waals surface area contributed by atoms with E-state index >= 15 is 0 Å². The van der Waals surface area contributed by atoms with Gasteiger partial charge < -0.3 is 5.11 Å². The average molecular weight is 333 g/mol. The number of aryl methyl sites for hydroxylation is 1. The van der Waals surface area contributed by atoms with E-state index in [0.717, 1.165) is 5.56 Å². The molecule has 2 N–H and O–H groups in total. The van der Waals surface area contributed by atoms with Crippen LogP contribution in [0, 0.1) is 12.8 Å². The van der Waals surface area contributed by atoms with Gasteiger partial charge in [0.2, 0.25) is 10.0 Å². The first-order chi connectivity index (χ1) is 10.8. The number of carbonyl (C=O) groups is 1. The molecule has 2 rings (SSSR count). The van der Waals surface area contributed by atoms with Crippen molar-refractivity contribution < 1.29 is 18.3 Å². The van der Waals surface area contributed by atoms with Crippen LogP contribution in [0.5, 0.6) is 0 Å². The molecule has 0 aliphatic rings. The number of nitrogens with one attached hydrogen (secondary N) is 1. The molecule has 0 aliphatic heterocycles. The summed E-state index contributed by atoms with van der Waals surface area (Å²) < 4.78 is 27.6. The van der Waals surface area contributed by atoms with E-state index in [4.69, 9.17) is 0 Å². The Morgan fingerprint density at radius 2 is 1.61 bits per heavy atom. The van der Waals surface area contributed by atoms with E-state index < -0.39 is 28.0 Å². The van der Waals surface area contributed by atoms with Gasteiger partial charge in [0, 0.05) is 0 Å². The molecule has 0 aromatic heterocycles. The van der Waals surface area contributed by atoms with Crippen molar-refractivity contribution >= 4 is 16.0 Å². The average Bonchev–Trinajstić information content (AvgIpc) is 2.53. The lowest BCUT2D eigenvalue weighted by molar-refractivity contribution is -0.142. The van der Waals surface area contributed by atoms with Crippen LogP contribution in [-0.2, 0) is 14.8 Å². The van der Waals surface area contributed by atoms with E-state index in [-0.39, 0.29) is 4.90 Å². The largest absolute Gasteiger partial charge is 0.481 e. The lowest BCUT2D eigenvalue weighted by Gasteiger charge is -2.23. The zero-order valence-corrected chi connectivity index (χ0v) is 13.7. The highest BCUT2D eigenvalue weighted by Gasteiger charge is 2.29. The van der Waals surface area contributed by atoms with Crippen LogP contribution in [0.25, 0.3) is 0 Å². The maximum Gasteiger partial charge on any atom is 0.308 e. The monoisotopic (exact) mass is 333 g/mol. The highest BCUT2D eigenvalue weighted by Crippen LogP contribution is 2.25. The number of sulfonamides is 1. The SMILES string of the molecule is Cc1ccc(S(=O)(=O)N[C@H](c2ccccc2)[C@@H](C)C(=O)O)cc1. The molecule has 0 unspecified atom stereocenters. The molecular weight excluding hydrogens is 314 g/mol. The van der Waals surface area contributed by atoms with Gasteiger partial charge in [-0.15, -0.1) is 0 Å². The highest BCUT2D eigenvalue weighted by atomic mass is 32.2. The van der Waals surface area contributed by atoms with Crippen LogP contribution >= 0.6 is 0 Å². The Kier molecular flexibility index (Phi) is 5.18. The number of hydrogen-bond acceptors (Lipinski definition) is 3. The van der Waals surface area contributed by atoms with Crippen molar-refractivity contribution in [2.45, 2.75) is 24.8 Å². The molecule has 6 heteroatoms. The topological polar surface area (TPSA) is 83.5 Å². The van der Waals surface area contributed by atoms with E-state index in [1.54, 1.807) is 42.5 Å². The second-order valence-electron chi connectivity index (χ2n) is 5.45. The number of carboxylic acid groups (broad SMARTS) is 1. The standard InChI is InChI=1S/C17H19NO4S/c1-12-8-10-15(11-9-12)23(21,22)18-16(13(2)17(19)20)14-6-4-3-5-7-14/h3-11,13,16,18H,1-2H3,(H,19,20)/t13-,16+/m1/s1. The summed E-state index contributed by atoms with van der Waals surface area (Å²) in [4.78, 5) is 11.5. The lowest BCUT2D eigenvalue weighted by atomic mass is 9.96. The fourth-order valence-corrected chi connectivity index (χ4v) is 3.52. The van der Waals surface area contributed by atoms with Crippen LogP contribution in [0.15, 0.2) is 59.5 Å². The number of rotatable bonds is 6. The fourth-order valence-electron chi connectivity index (χ4n) is 2.21. The smallest absolute Gasteiger partial charge is 0.308 e. The zero-order chi connectivity index (χ0) is 17.0. The van der Waals surface area contributed by atoms with Crippen molar-refractivity contribution in [3.8, 4) is 0 Å². The second kappa shape index (κ2) is 6.93. The van der Waals surface area contributed by atoms with Gasteiger partial charge >= 0.3 is 5.97 Å². The third kappa shape index (κ3) is 4.18. The van der Waals surface area contributed by atoms with Gasteiger partial charge in [-0.1, -0.05) is 55.0 Å². The Hall–Kier alpha value is -2.18. The third-order valence-corrected chi connectivity index (χ3v) is 5.12. The summed E-state index contributed by atoms with van der Waals surface area (Å²) in [5.74, 6) is -1.97. The maximum absolute atomic E-state index is 12.6. The van der Waals surface area contributed by atoms with Gasteiger partial charge in [-0.3, -0.25) is 4.79 Å². The molecule has 0 aliphatic carbocycles. The summed E-state index contributed by atoms with van der Waals surface area (Å²) in [5.41, 5.74) is 1.56. The predicted octanol–water partition coefficient (Wildman–Crippen LogP) is 2.74. The third-order valence-electron chi connectivity index (χ3n) is 3.66. The van der Waals surface area contributed by atoms with E-state index in [2.05, 4.69) is 4.72 Å². The molecule has 0 heterocycles. The first kappa shape index (κ1) is 17.2. The number of aliphatic carboxylic acids is 1. The zero-order valence-electron chi connectivity index (χ0n) is 12.9. The summed E-state index contributed by atoms with van der Waals surface area (Å²) >= 11 is 0. The molecule has 2 aromatic carbocycles. The van der Waals surface area contributed by atoms with E-state index in [0.29, 0.717) is 5.56 Å². The van der Waals surface area contributed by atoms with Gasteiger partial charge in [0.1, 0.15) is 0 Å². The van der Waals surface area contributed by atoms with E-state index in [9.17, 15) is 18.3 Å². The second-order valence-corrected chi connectivity index (χ2v) is 7.16.